The molecule has 1 aliphatic rings. The van der Waals surface area contributed by atoms with Gasteiger partial charge in [-0.25, -0.2) is 0 Å². The van der Waals surface area contributed by atoms with Crippen LogP contribution in [0.1, 0.15) is 18.1 Å². The van der Waals surface area contributed by atoms with Crippen molar-refractivity contribution in [2.24, 2.45) is 0 Å². The number of benzene rings is 3. The fraction of sp³-hybridized carbons (Fsp3) is 0.115. The van der Waals surface area contributed by atoms with E-state index in [-0.39, 0.29) is 22.3 Å². The molecule has 36 heavy (non-hydrogen) atoms. The minimum absolute atomic E-state index is 0.00555. The molecule has 6 nitrogen and oxygen atoms in total. The summed E-state index contributed by atoms with van der Waals surface area (Å²) in [6.45, 7) is 2.28. The molecule has 0 unspecified atom stereocenters. The van der Waals surface area contributed by atoms with Crippen LogP contribution in [0.3, 0.4) is 0 Å². The topological polar surface area (TPSA) is 67.9 Å². The van der Waals surface area contributed by atoms with Crippen molar-refractivity contribution in [2.45, 2.75) is 13.5 Å². The third-order valence-corrected chi connectivity index (χ3v) is 6.30. The first kappa shape index (κ1) is 26.0. The molecule has 1 heterocycles. The first-order valence-electron chi connectivity index (χ1n) is 10.8. The Morgan fingerprint density at radius 2 is 1.72 bits per heavy atom. The zero-order valence-corrected chi connectivity index (χ0v) is 22.0. The Labute approximate surface area is 228 Å². The number of amides is 2. The minimum Gasteiger partial charge on any atom is -0.490 e. The largest absolute Gasteiger partial charge is 0.490 e. The highest BCUT2D eigenvalue weighted by molar-refractivity contribution is 7.80. The fourth-order valence-corrected chi connectivity index (χ4v) is 4.52. The predicted molar refractivity (Wildman–Crippen MR) is 146 cm³/mol. The number of halogens is 3. The smallest absolute Gasteiger partial charge is 0.270 e. The molecule has 1 aliphatic heterocycles. The molecule has 3 aromatic rings. The van der Waals surface area contributed by atoms with Gasteiger partial charge in [0.1, 0.15) is 12.2 Å². The lowest BCUT2D eigenvalue weighted by Crippen LogP contribution is -2.54. The van der Waals surface area contributed by atoms with Crippen LogP contribution in [0.15, 0.2) is 66.2 Å². The summed E-state index contributed by atoms with van der Waals surface area (Å²) < 4.78 is 11.7. The number of anilines is 1. The number of ether oxygens (including phenoxy) is 2. The van der Waals surface area contributed by atoms with Gasteiger partial charge in [-0.1, -0.05) is 59.1 Å². The third kappa shape index (κ3) is 5.65. The Bertz CT molecular complexity index is 1380. The molecule has 10 heteroatoms. The molecule has 0 bridgehead atoms. The normalized spacial score (nSPS) is 14.7. The molecule has 4 rings (SSSR count). The molecule has 0 aliphatic carbocycles. The minimum atomic E-state index is -0.607. The molecule has 1 fully saturated rings. The van der Waals surface area contributed by atoms with Crippen LogP contribution in [-0.4, -0.2) is 23.5 Å². The monoisotopic (exact) mass is 560 g/mol. The van der Waals surface area contributed by atoms with Crippen LogP contribution >= 0.6 is 47.0 Å². The standard InChI is InChI=1S/C26H19Cl3N2O4S/c1-2-34-22-12-15(11-21(29)23(22)35-14-16-8-9-17(27)13-20(16)28)10-19-24(32)30-26(36)31(25(19)33)18-6-4-3-5-7-18/h3-13H,2,14H2,1H3,(H,30,32,36)/b19-10-. The highest BCUT2D eigenvalue weighted by Crippen LogP contribution is 2.38. The molecule has 2 amide bonds. The van der Waals surface area contributed by atoms with Gasteiger partial charge in [0.05, 0.1) is 17.3 Å². The number of carbonyl (C=O) groups excluding carboxylic acids is 2. The van der Waals surface area contributed by atoms with Gasteiger partial charge in [0.25, 0.3) is 11.8 Å². The molecule has 1 N–H and O–H groups in total. The lowest BCUT2D eigenvalue weighted by atomic mass is 10.1. The second-order valence-electron chi connectivity index (χ2n) is 7.58. The summed E-state index contributed by atoms with van der Waals surface area (Å²) in [6, 6.07) is 17.1. The summed E-state index contributed by atoms with van der Waals surface area (Å²) in [7, 11) is 0. The van der Waals surface area contributed by atoms with Crippen LogP contribution in [0.25, 0.3) is 6.08 Å². The van der Waals surface area contributed by atoms with Crippen molar-refractivity contribution in [2.75, 3.05) is 11.5 Å². The first-order valence-corrected chi connectivity index (χ1v) is 12.3. The van der Waals surface area contributed by atoms with Crippen LogP contribution in [0.2, 0.25) is 15.1 Å². The maximum Gasteiger partial charge on any atom is 0.270 e. The van der Waals surface area contributed by atoms with Crippen LogP contribution in [0.4, 0.5) is 5.69 Å². The summed E-state index contributed by atoms with van der Waals surface area (Å²) in [5.74, 6) is -0.509. The average Bonchev–Trinajstić information content (AvgIpc) is 2.83. The number of nitrogens with one attached hydrogen (secondary N) is 1. The van der Waals surface area contributed by atoms with Crippen molar-refractivity contribution in [3.8, 4) is 11.5 Å². The Morgan fingerprint density at radius 3 is 2.42 bits per heavy atom. The van der Waals surface area contributed by atoms with Crippen LogP contribution in [0, 0.1) is 0 Å². The van der Waals surface area contributed by atoms with Gasteiger partial charge < -0.3 is 9.47 Å². The Hall–Kier alpha value is -3.10. The van der Waals surface area contributed by atoms with Gasteiger partial charge in [0, 0.05) is 15.6 Å². The van der Waals surface area contributed by atoms with Gasteiger partial charge in [0.2, 0.25) is 0 Å². The predicted octanol–water partition coefficient (Wildman–Crippen LogP) is 6.46. The van der Waals surface area contributed by atoms with E-state index in [0.29, 0.717) is 45.0 Å². The Kier molecular flexibility index (Phi) is 8.16. The molecule has 3 aromatic carbocycles. The molecule has 1 saturated heterocycles. The summed E-state index contributed by atoms with van der Waals surface area (Å²) >= 11 is 24.0. The van der Waals surface area contributed by atoms with E-state index in [2.05, 4.69) is 5.32 Å². The number of carbonyl (C=O) groups is 2. The third-order valence-electron chi connectivity index (χ3n) is 5.15. The summed E-state index contributed by atoms with van der Waals surface area (Å²) in [5, 5.41) is 3.77. The second-order valence-corrected chi connectivity index (χ2v) is 9.22. The van der Waals surface area contributed by atoms with Crippen LogP contribution in [-0.2, 0) is 16.2 Å². The summed E-state index contributed by atoms with van der Waals surface area (Å²) in [5.41, 5.74) is 1.62. The van der Waals surface area contributed by atoms with E-state index in [1.54, 1.807) is 54.6 Å². The van der Waals surface area contributed by atoms with Gasteiger partial charge in [-0.3, -0.25) is 19.8 Å². The van der Waals surface area contributed by atoms with Gasteiger partial charge in [-0.2, -0.15) is 0 Å². The number of nitrogens with zero attached hydrogens (tertiary/aromatic N) is 1. The van der Waals surface area contributed by atoms with E-state index in [1.807, 2.05) is 13.0 Å². The van der Waals surface area contributed by atoms with E-state index in [0.717, 1.165) is 0 Å². The maximum atomic E-state index is 13.2. The van der Waals surface area contributed by atoms with E-state index < -0.39 is 11.8 Å². The Morgan fingerprint density at radius 1 is 0.972 bits per heavy atom. The lowest BCUT2D eigenvalue weighted by Gasteiger charge is -2.28. The molecular formula is C26H19Cl3N2O4S. The summed E-state index contributed by atoms with van der Waals surface area (Å²) in [4.78, 5) is 27.1. The van der Waals surface area contributed by atoms with Crippen molar-refractivity contribution in [3.63, 3.8) is 0 Å². The Balaban J connectivity index is 1.66. The van der Waals surface area contributed by atoms with E-state index in [1.165, 1.54) is 11.0 Å². The van der Waals surface area contributed by atoms with E-state index >= 15 is 0 Å². The van der Waals surface area contributed by atoms with Crippen molar-refractivity contribution in [1.82, 2.24) is 5.32 Å². The van der Waals surface area contributed by atoms with Crippen molar-refractivity contribution < 1.29 is 19.1 Å². The zero-order valence-electron chi connectivity index (χ0n) is 18.9. The molecule has 0 aromatic heterocycles. The average molecular weight is 562 g/mol. The van der Waals surface area contributed by atoms with Crippen LogP contribution < -0.4 is 19.7 Å². The second kappa shape index (κ2) is 11.3. The van der Waals surface area contributed by atoms with Crippen molar-refractivity contribution in [3.05, 3.63) is 92.4 Å². The number of hydrogen-bond donors (Lipinski definition) is 1. The fourth-order valence-electron chi connectivity index (χ4n) is 3.50. The van der Waals surface area contributed by atoms with E-state index in [9.17, 15) is 9.59 Å². The SMILES string of the molecule is CCOc1cc(/C=C2/C(=O)NC(=S)N(c3ccccc3)C2=O)cc(Cl)c1OCc1ccc(Cl)cc1Cl. The molecular weight excluding hydrogens is 543 g/mol. The zero-order chi connectivity index (χ0) is 25.8. The lowest BCUT2D eigenvalue weighted by molar-refractivity contribution is -0.122. The van der Waals surface area contributed by atoms with Gasteiger partial charge in [0.15, 0.2) is 16.6 Å². The highest BCUT2D eigenvalue weighted by atomic mass is 35.5. The number of rotatable bonds is 7. The van der Waals surface area contributed by atoms with Gasteiger partial charge in [-0.05, 0) is 67.2 Å². The number of para-hydroxylation sites is 1. The molecule has 0 radical (unpaired) electrons. The molecule has 0 saturated carbocycles. The first-order chi connectivity index (χ1) is 17.3. The molecule has 0 atom stereocenters. The number of hydrogen-bond acceptors (Lipinski definition) is 5. The van der Waals surface area contributed by atoms with Crippen molar-refractivity contribution >= 4 is 75.7 Å². The molecule has 184 valence electrons. The molecule has 0 spiro atoms. The quantitative estimate of drug-likeness (QED) is 0.204. The maximum absolute atomic E-state index is 13.2. The highest BCUT2D eigenvalue weighted by Gasteiger charge is 2.34. The summed E-state index contributed by atoms with van der Waals surface area (Å²) in [6.07, 6.45) is 1.43. The van der Waals surface area contributed by atoms with Gasteiger partial charge in [-0.15, -0.1) is 0 Å². The van der Waals surface area contributed by atoms with Gasteiger partial charge >= 0.3 is 0 Å². The van der Waals surface area contributed by atoms with Crippen molar-refractivity contribution in [1.29, 1.82) is 0 Å². The van der Waals surface area contributed by atoms with Crippen LogP contribution in [0.5, 0.6) is 11.5 Å². The van der Waals surface area contributed by atoms with E-state index in [4.69, 9.17) is 56.5 Å². The number of thiocarbonyl (C=S) groups is 1.